The normalized spacial score (nSPS) is 45.8. The maximum absolute atomic E-state index is 11.8. The molecule has 2 saturated heterocycles. The van der Waals surface area contributed by atoms with E-state index >= 15 is 0 Å². The van der Waals surface area contributed by atoms with Crippen LogP contribution in [0.2, 0.25) is 0 Å². The lowest BCUT2D eigenvalue weighted by atomic mass is 9.76. The highest BCUT2D eigenvalue weighted by atomic mass is 16.8. The Balaban J connectivity index is 1.81. The maximum Gasteiger partial charge on any atom is 0.340 e. The number of aliphatic hydroxyl groups excluding tert-OH is 4. The summed E-state index contributed by atoms with van der Waals surface area (Å²) in [5, 5.41) is 49.9. The van der Waals surface area contributed by atoms with Crippen LogP contribution in [0.25, 0.3) is 0 Å². The summed E-state index contributed by atoms with van der Waals surface area (Å²) < 4.78 is 21.1. The van der Waals surface area contributed by atoms with E-state index in [1.165, 1.54) is 6.08 Å². The van der Waals surface area contributed by atoms with Crippen LogP contribution >= 0.6 is 0 Å². The van der Waals surface area contributed by atoms with Crippen LogP contribution in [0, 0.1) is 5.92 Å². The van der Waals surface area contributed by atoms with Crippen LogP contribution in [0.1, 0.15) is 6.42 Å². The zero-order chi connectivity index (χ0) is 19.1. The SMILES string of the molecule is C=C[C@H]1[C@@H](O[C@H]2O[C@@H](CO)[C@H](O)[C@@H](O)[C@@H]2O)OC=C2C(=O)OCC[C@@]21O. The highest BCUT2D eigenvalue weighted by Crippen LogP contribution is 2.42. The molecule has 3 aliphatic heterocycles. The van der Waals surface area contributed by atoms with E-state index in [9.17, 15) is 30.3 Å². The fraction of sp³-hybridized carbons (Fsp3) is 0.688. The molecule has 0 spiro atoms. The van der Waals surface area contributed by atoms with Crippen LogP contribution in [0.3, 0.4) is 0 Å². The van der Waals surface area contributed by atoms with Crippen molar-refractivity contribution in [3.05, 3.63) is 24.5 Å². The average Bonchev–Trinajstić information content (AvgIpc) is 2.61. The molecule has 8 atom stereocenters. The van der Waals surface area contributed by atoms with Crippen molar-refractivity contribution < 1.29 is 49.3 Å². The smallest absolute Gasteiger partial charge is 0.340 e. The van der Waals surface area contributed by atoms with Crippen LogP contribution in [-0.4, -0.2) is 87.3 Å². The summed E-state index contributed by atoms with van der Waals surface area (Å²) in [7, 11) is 0. The standard InChI is InChI=1S/C16H22O10/c1-2-7-14(24-6-8-13(21)23-4-3-16(7,8)22)26-15-12(20)11(19)10(18)9(5-17)25-15/h2,6-7,9-12,14-15,17-20,22H,1,3-5H2/t7-,9-,10-,11+,12-,14+,15+,16-/m0/s1. The third kappa shape index (κ3) is 3.03. The molecule has 3 aliphatic rings. The Morgan fingerprint density at radius 3 is 2.65 bits per heavy atom. The number of hydrogen-bond donors (Lipinski definition) is 5. The van der Waals surface area contributed by atoms with Crippen molar-refractivity contribution in [2.45, 2.75) is 49.0 Å². The predicted molar refractivity (Wildman–Crippen MR) is 82.0 cm³/mol. The lowest BCUT2D eigenvalue weighted by Crippen LogP contribution is -2.61. The van der Waals surface area contributed by atoms with E-state index in [0.717, 1.165) is 6.26 Å². The third-order valence-corrected chi connectivity index (χ3v) is 4.94. The summed E-state index contributed by atoms with van der Waals surface area (Å²) in [6.07, 6.45) is -6.10. The number of aliphatic hydroxyl groups is 5. The van der Waals surface area contributed by atoms with Gasteiger partial charge in [-0.05, 0) is 0 Å². The molecule has 3 heterocycles. The molecule has 0 saturated carbocycles. The van der Waals surface area contributed by atoms with Gasteiger partial charge < -0.3 is 44.5 Å². The Labute approximate surface area is 148 Å². The zero-order valence-corrected chi connectivity index (χ0v) is 13.8. The molecular formula is C16H22O10. The fourth-order valence-corrected chi connectivity index (χ4v) is 3.36. The molecule has 0 aromatic rings. The Morgan fingerprint density at radius 1 is 1.27 bits per heavy atom. The van der Waals surface area contributed by atoms with Gasteiger partial charge in [-0.3, -0.25) is 0 Å². The number of cyclic esters (lactones) is 1. The molecule has 5 N–H and O–H groups in total. The second-order valence-corrected chi connectivity index (χ2v) is 6.44. The van der Waals surface area contributed by atoms with Gasteiger partial charge in [0.05, 0.1) is 25.4 Å². The minimum Gasteiger partial charge on any atom is -0.471 e. The van der Waals surface area contributed by atoms with Gasteiger partial charge in [-0.15, -0.1) is 6.58 Å². The highest BCUT2D eigenvalue weighted by Gasteiger charge is 2.54. The Hall–Kier alpha value is -1.53. The monoisotopic (exact) mass is 374 g/mol. The van der Waals surface area contributed by atoms with Crippen molar-refractivity contribution in [2.24, 2.45) is 5.92 Å². The summed E-state index contributed by atoms with van der Waals surface area (Å²) in [5.41, 5.74) is -1.70. The van der Waals surface area contributed by atoms with Crippen LogP contribution in [0.4, 0.5) is 0 Å². The molecule has 146 valence electrons. The van der Waals surface area contributed by atoms with Gasteiger partial charge in [0.1, 0.15) is 35.6 Å². The van der Waals surface area contributed by atoms with E-state index < -0.39 is 61.1 Å². The Kier molecular flexibility index (Phi) is 5.35. The summed E-state index contributed by atoms with van der Waals surface area (Å²) in [6, 6.07) is 0. The van der Waals surface area contributed by atoms with Gasteiger partial charge >= 0.3 is 5.97 Å². The van der Waals surface area contributed by atoms with E-state index in [4.69, 9.17) is 18.9 Å². The van der Waals surface area contributed by atoms with Crippen LogP contribution in [0.5, 0.6) is 0 Å². The first-order chi connectivity index (χ1) is 12.3. The van der Waals surface area contributed by atoms with Crippen molar-refractivity contribution >= 4 is 5.97 Å². The number of ether oxygens (including phenoxy) is 4. The molecule has 0 aromatic heterocycles. The highest BCUT2D eigenvalue weighted by molar-refractivity contribution is 5.91. The molecule has 10 nitrogen and oxygen atoms in total. The van der Waals surface area contributed by atoms with Gasteiger partial charge in [0.25, 0.3) is 0 Å². The Bertz CT molecular complexity index is 590. The van der Waals surface area contributed by atoms with Crippen LogP contribution < -0.4 is 0 Å². The summed E-state index contributed by atoms with van der Waals surface area (Å²) in [6.45, 7) is 3.03. The molecule has 0 amide bonds. The zero-order valence-electron chi connectivity index (χ0n) is 13.8. The van der Waals surface area contributed by atoms with E-state index in [1.54, 1.807) is 0 Å². The van der Waals surface area contributed by atoms with Crippen molar-refractivity contribution in [3.8, 4) is 0 Å². The van der Waals surface area contributed by atoms with E-state index in [2.05, 4.69) is 6.58 Å². The summed E-state index contributed by atoms with van der Waals surface area (Å²) >= 11 is 0. The number of rotatable bonds is 4. The lowest BCUT2D eigenvalue weighted by molar-refractivity contribution is -0.344. The first kappa shape index (κ1) is 19.2. The molecule has 0 unspecified atom stereocenters. The predicted octanol–water partition coefficient (Wildman–Crippen LogP) is -2.48. The van der Waals surface area contributed by atoms with Crippen molar-refractivity contribution in [1.29, 1.82) is 0 Å². The molecule has 2 fully saturated rings. The van der Waals surface area contributed by atoms with E-state index in [1.807, 2.05) is 0 Å². The Morgan fingerprint density at radius 2 is 2.00 bits per heavy atom. The largest absolute Gasteiger partial charge is 0.471 e. The van der Waals surface area contributed by atoms with Gasteiger partial charge in [0.15, 0.2) is 6.29 Å². The van der Waals surface area contributed by atoms with Gasteiger partial charge in [0.2, 0.25) is 6.29 Å². The molecule has 0 radical (unpaired) electrons. The maximum atomic E-state index is 11.8. The van der Waals surface area contributed by atoms with Crippen molar-refractivity contribution in [3.63, 3.8) is 0 Å². The molecule has 0 aliphatic carbocycles. The third-order valence-electron chi connectivity index (χ3n) is 4.94. The molecule has 26 heavy (non-hydrogen) atoms. The minimum atomic E-state index is -1.63. The van der Waals surface area contributed by atoms with Crippen molar-refractivity contribution in [2.75, 3.05) is 13.2 Å². The fourth-order valence-electron chi connectivity index (χ4n) is 3.36. The number of fused-ring (bicyclic) bond motifs is 1. The summed E-state index contributed by atoms with van der Waals surface area (Å²) in [5.74, 6) is -1.61. The second kappa shape index (κ2) is 7.24. The first-order valence-corrected chi connectivity index (χ1v) is 8.17. The number of esters is 1. The summed E-state index contributed by atoms with van der Waals surface area (Å²) in [4.78, 5) is 11.8. The van der Waals surface area contributed by atoms with E-state index in [0.29, 0.717) is 0 Å². The van der Waals surface area contributed by atoms with Gasteiger partial charge in [-0.25, -0.2) is 4.79 Å². The van der Waals surface area contributed by atoms with Crippen molar-refractivity contribution in [1.82, 2.24) is 0 Å². The van der Waals surface area contributed by atoms with E-state index in [-0.39, 0.29) is 18.6 Å². The first-order valence-electron chi connectivity index (χ1n) is 8.17. The minimum absolute atomic E-state index is 0.00375. The molecule has 10 heteroatoms. The number of hydrogen-bond acceptors (Lipinski definition) is 10. The van der Waals surface area contributed by atoms with Crippen LogP contribution in [-0.2, 0) is 23.7 Å². The molecule has 0 bridgehead atoms. The quantitative estimate of drug-likeness (QED) is 0.264. The average molecular weight is 374 g/mol. The van der Waals surface area contributed by atoms with Gasteiger partial charge in [-0.2, -0.15) is 0 Å². The van der Waals surface area contributed by atoms with Gasteiger partial charge in [0, 0.05) is 6.42 Å². The second-order valence-electron chi connectivity index (χ2n) is 6.44. The molecule has 0 aromatic carbocycles. The van der Waals surface area contributed by atoms with Crippen LogP contribution in [0.15, 0.2) is 24.5 Å². The topological polar surface area (TPSA) is 155 Å². The lowest BCUT2D eigenvalue weighted by Gasteiger charge is -2.46. The molecular weight excluding hydrogens is 352 g/mol. The number of carbonyl (C=O) groups excluding carboxylic acids is 1. The number of carbonyl (C=O) groups is 1. The molecule has 3 rings (SSSR count). The van der Waals surface area contributed by atoms with Gasteiger partial charge in [-0.1, -0.05) is 6.08 Å².